The van der Waals surface area contributed by atoms with E-state index < -0.39 is 17.8 Å². The Kier molecular flexibility index (Phi) is 6.36. The maximum Gasteiger partial charge on any atom is 0.416 e. The van der Waals surface area contributed by atoms with E-state index >= 15 is 0 Å². The average molecular weight is 418 g/mol. The molecule has 1 aliphatic rings. The Morgan fingerprint density at radius 2 is 1.87 bits per heavy atom. The molecule has 0 unspecified atom stereocenters. The highest BCUT2D eigenvalue weighted by Crippen LogP contribution is 2.33. The molecule has 0 fully saturated rings. The van der Waals surface area contributed by atoms with E-state index in [2.05, 4.69) is 5.32 Å². The number of unbranched alkanes of at least 4 members (excludes halogenated alkanes) is 1. The van der Waals surface area contributed by atoms with Gasteiger partial charge >= 0.3 is 6.18 Å². The third-order valence-electron chi connectivity index (χ3n) is 5.07. The molecule has 1 aliphatic heterocycles. The van der Waals surface area contributed by atoms with Crippen molar-refractivity contribution in [1.82, 2.24) is 4.90 Å². The van der Waals surface area contributed by atoms with Crippen LogP contribution in [0.3, 0.4) is 0 Å². The first kappa shape index (κ1) is 21.7. The van der Waals surface area contributed by atoms with Crippen LogP contribution in [0.2, 0.25) is 0 Å². The fourth-order valence-electron chi connectivity index (χ4n) is 3.42. The monoisotopic (exact) mass is 418 g/mol. The van der Waals surface area contributed by atoms with E-state index in [-0.39, 0.29) is 18.1 Å². The number of nitrogens with zero attached hydrogens (tertiary/aromatic N) is 1. The van der Waals surface area contributed by atoms with E-state index in [0.717, 1.165) is 25.0 Å². The van der Waals surface area contributed by atoms with Crippen molar-refractivity contribution >= 4 is 17.3 Å². The minimum absolute atomic E-state index is 0.206. The summed E-state index contributed by atoms with van der Waals surface area (Å²) in [5.74, 6) is -0.206. The Hall–Kier alpha value is -3.00. The molecule has 1 heterocycles. The molecule has 8 heteroatoms. The van der Waals surface area contributed by atoms with Crippen molar-refractivity contribution in [3.63, 3.8) is 0 Å². The lowest BCUT2D eigenvalue weighted by Gasteiger charge is -2.18. The molecular formula is C22H25F3N4O. The van der Waals surface area contributed by atoms with Gasteiger partial charge in [0.2, 0.25) is 0 Å². The average Bonchev–Trinajstić information content (AvgIpc) is 3.01. The number of hydrogen-bond donors (Lipinski definition) is 3. The van der Waals surface area contributed by atoms with Gasteiger partial charge in [-0.15, -0.1) is 0 Å². The van der Waals surface area contributed by atoms with E-state index in [9.17, 15) is 18.0 Å². The van der Waals surface area contributed by atoms with Gasteiger partial charge < -0.3 is 21.7 Å². The minimum atomic E-state index is -4.45. The van der Waals surface area contributed by atoms with Crippen LogP contribution in [0.4, 0.5) is 24.5 Å². The van der Waals surface area contributed by atoms with Gasteiger partial charge in [-0.25, -0.2) is 0 Å². The van der Waals surface area contributed by atoms with Gasteiger partial charge in [-0.2, -0.15) is 13.2 Å². The molecule has 0 aliphatic carbocycles. The second kappa shape index (κ2) is 8.79. The first-order valence-corrected chi connectivity index (χ1v) is 9.78. The zero-order chi connectivity index (χ0) is 21.9. The van der Waals surface area contributed by atoms with Crippen LogP contribution < -0.4 is 16.8 Å². The van der Waals surface area contributed by atoms with Gasteiger partial charge in [-0.05, 0) is 42.3 Å². The number of alkyl halides is 3. The molecular weight excluding hydrogens is 393 g/mol. The Morgan fingerprint density at radius 3 is 2.50 bits per heavy atom. The molecule has 5 N–H and O–H groups in total. The maximum absolute atomic E-state index is 13.1. The summed E-state index contributed by atoms with van der Waals surface area (Å²) in [5.41, 5.74) is 13.8. The van der Waals surface area contributed by atoms with E-state index in [0.29, 0.717) is 29.1 Å². The topological polar surface area (TPSA) is 84.4 Å². The molecule has 2 aromatic carbocycles. The third kappa shape index (κ3) is 4.76. The summed E-state index contributed by atoms with van der Waals surface area (Å²) in [4.78, 5) is 14.7. The first-order valence-electron chi connectivity index (χ1n) is 9.78. The number of carbonyl (C=O) groups is 1. The van der Waals surface area contributed by atoms with E-state index in [1.807, 2.05) is 6.92 Å². The van der Waals surface area contributed by atoms with Crippen LogP contribution in [0.15, 0.2) is 59.8 Å². The number of amides is 1. The zero-order valence-electron chi connectivity index (χ0n) is 16.7. The highest BCUT2D eigenvalue weighted by Gasteiger charge is 2.35. The van der Waals surface area contributed by atoms with Crippen molar-refractivity contribution in [1.29, 1.82) is 0 Å². The van der Waals surface area contributed by atoms with Crippen molar-refractivity contribution in [2.24, 2.45) is 5.73 Å². The van der Waals surface area contributed by atoms with Crippen molar-refractivity contribution in [2.45, 2.75) is 32.0 Å². The van der Waals surface area contributed by atoms with Crippen LogP contribution in [-0.2, 0) is 11.0 Å². The summed E-state index contributed by atoms with van der Waals surface area (Å²) in [6.45, 7) is 2.85. The lowest BCUT2D eigenvalue weighted by Crippen LogP contribution is -2.30. The van der Waals surface area contributed by atoms with E-state index in [1.54, 1.807) is 29.2 Å². The van der Waals surface area contributed by atoms with Crippen LogP contribution in [0.1, 0.15) is 36.9 Å². The van der Waals surface area contributed by atoms with Gasteiger partial charge in [0, 0.05) is 23.6 Å². The smallest absolute Gasteiger partial charge is 0.399 e. The number of nitrogens with one attached hydrogen (secondary N) is 1. The molecule has 0 saturated carbocycles. The molecule has 30 heavy (non-hydrogen) atoms. The lowest BCUT2D eigenvalue weighted by molar-refractivity contribution is -0.137. The Morgan fingerprint density at radius 1 is 1.17 bits per heavy atom. The van der Waals surface area contributed by atoms with E-state index in [1.165, 1.54) is 12.1 Å². The highest BCUT2D eigenvalue weighted by atomic mass is 19.4. The molecule has 1 amide bonds. The number of benzene rings is 2. The summed E-state index contributed by atoms with van der Waals surface area (Å²) >= 11 is 0. The lowest BCUT2D eigenvalue weighted by atomic mass is 9.98. The fourth-order valence-corrected chi connectivity index (χ4v) is 3.42. The summed E-state index contributed by atoms with van der Waals surface area (Å²) in [6, 6.07) is 11.1. The predicted octanol–water partition coefficient (Wildman–Crippen LogP) is 4.30. The van der Waals surface area contributed by atoms with Crippen LogP contribution in [0.5, 0.6) is 0 Å². The molecule has 0 saturated heterocycles. The van der Waals surface area contributed by atoms with Crippen molar-refractivity contribution in [3.05, 3.63) is 70.9 Å². The molecule has 0 spiro atoms. The maximum atomic E-state index is 13.1. The molecule has 2 aromatic rings. The fraction of sp³-hybridized carbons (Fsp3) is 0.318. The van der Waals surface area contributed by atoms with Crippen molar-refractivity contribution in [2.75, 3.05) is 24.1 Å². The van der Waals surface area contributed by atoms with Gasteiger partial charge in [0.25, 0.3) is 5.91 Å². The predicted molar refractivity (Wildman–Crippen MR) is 111 cm³/mol. The number of carbonyl (C=O) groups excluding carboxylic acids is 1. The number of halogens is 3. The largest absolute Gasteiger partial charge is 0.416 e. The number of rotatable bonds is 7. The number of hydrogen-bond acceptors (Lipinski definition) is 4. The van der Waals surface area contributed by atoms with Gasteiger partial charge in [-0.1, -0.05) is 31.5 Å². The van der Waals surface area contributed by atoms with Crippen LogP contribution >= 0.6 is 0 Å². The summed E-state index contributed by atoms with van der Waals surface area (Å²) in [6.07, 6.45) is -2.71. The van der Waals surface area contributed by atoms with Crippen LogP contribution in [0, 0.1) is 0 Å². The molecule has 160 valence electrons. The molecule has 3 rings (SSSR count). The highest BCUT2D eigenvalue weighted by molar-refractivity contribution is 5.99. The summed E-state index contributed by atoms with van der Waals surface area (Å²) in [7, 11) is 0. The summed E-state index contributed by atoms with van der Waals surface area (Å²) in [5, 5.41) is 3.01. The molecule has 0 bridgehead atoms. The number of anilines is 2. The van der Waals surface area contributed by atoms with Crippen LogP contribution in [-0.4, -0.2) is 23.9 Å². The second-order valence-electron chi connectivity index (χ2n) is 7.32. The molecule has 1 atom stereocenters. The SMILES string of the molecule is CCCCN1CC(Nc2cccc(C(F)(F)F)c2)=C([C@H](N)c2ccc(N)cc2)C1=O. The normalized spacial score (nSPS) is 15.6. The van der Waals surface area contributed by atoms with Gasteiger partial charge in [-0.3, -0.25) is 4.79 Å². The Bertz CT molecular complexity index is 938. The number of nitrogen functional groups attached to an aromatic ring is 1. The van der Waals surface area contributed by atoms with Gasteiger partial charge in [0.15, 0.2) is 0 Å². The molecule has 5 nitrogen and oxygen atoms in total. The summed E-state index contributed by atoms with van der Waals surface area (Å²) < 4.78 is 39.2. The minimum Gasteiger partial charge on any atom is -0.399 e. The Labute approximate surface area is 173 Å². The Balaban J connectivity index is 1.95. The standard InChI is InChI=1S/C22H25F3N4O/c1-2-3-11-29-13-18(28-17-6-4-5-15(12-17)22(23,24)25)19(21(29)30)20(27)14-7-9-16(26)10-8-14/h4-10,12,20,28H,2-3,11,13,26-27H2,1H3/t20-/m1/s1. The quantitative estimate of drug-likeness (QED) is 0.586. The second-order valence-corrected chi connectivity index (χ2v) is 7.32. The van der Waals surface area contributed by atoms with Crippen molar-refractivity contribution in [3.8, 4) is 0 Å². The van der Waals surface area contributed by atoms with Crippen molar-refractivity contribution < 1.29 is 18.0 Å². The zero-order valence-corrected chi connectivity index (χ0v) is 16.7. The third-order valence-corrected chi connectivity index (χ3v) is 5.07. The number of nitrogens with two attached hydrogens (primary N) is 2. The van der Waals surface area contributed by atoms with Crippen LogP contribution in [0.25, 0.3) is 0 Å². The van der Waals surface area contributed by atoms with Gasteiger partial charge in [0.1, 0.15) is 0 Å². The van der Waals surface area contributed by atoms with E-state index in [4.69, 9.17) is 11.5 Å². The first-order chi connectivity index (χ1) is 14.2. The van der Waals surface area contributed by atoms with Gasteiger partial charge in [0.05, 0.1) is 23.7 Å². The molecule has 0 aromatic heterocycles. The molecule has 0 radical (unpaired) electrons.